The lowest BCUT2D eigenvalue weighted by atomic mass is 10.1. The SMILES string of the molecule is N#Cc1ccc(COc2nc(-c3cc(F)c(Cc4nc5ccc(C(=O)O)c(F)c5n4C[C@@H]4CCO4)cc3F)ncc2F)nc1. The number of carbonyl (C=O) groups is 1. The number of pyridine rings is 1. The number of benzene rings is 2. The number of ether oxygens (including phenoxy) is 2. The third-order valence-electron chi connectivity index (χ3n) is 7.08. The second-order valence-electron chi connectivity index (χ2n) is 9.91. The van der Waals surface area contributed by atoms with Gasteiger partial charge >= 0.3 is 5.97 Å². The van der Waals surface area contributed by atoms with Crippen LogP contribution in [0.25, 0.3) is 22.4 Å². The molecule has 1 fully saturated rings. The number of hydrogen-bond donors (Lipinski definition) is 1. The molecular weight excluding hydrogens is 584 g/mol. The second-order valence-corrected chi connectivity index (χ2v) is 9.91. The summed E-state index contributed by atoms with van der Waals surface area (Å²) >= 11 is 0. The number of aromatic carboxylic acids is 1. The molecule has 1 atom stereocenters. The summed E-state index contributed by atoms with van der Waals surface area (Å²) in [6.07, 6.45) is 2.23. The van der Waals surface area contributed by atoms with Gasteiger partial charge in [0.15, 0.2) is 11.6 Å². The normalized spacial score (nSPS) is 14.3. The molecule has 1 N–H and O–H groups in total. The largest absolute Gasteiger partial charge is 0.478 e. The van der Waals surface area contributed by atoms with Crippen LogP contribution in [0.15, 0.2) is 48.8 Å². The highest BCUT2D eigenvalue weighted by molar-refractivity contribution is 5.93. The number of hydrogen-bond acceptors (Lipinski definition) is 8. The summed E-state index contributed by atoms with van der Waals surface area (Å²) < 4.78 is 72.7. The van der Waals surface area contributed by atoms with Crippen LogP contribution in [0.5, 0.6) is 5.88 Å². The van der Waals surface area contributed by atoms with Gasteiger partial charge in [0, 0.05) is 19.2 Å². The number of carboxylic acids is 1. The van der Waals surface area contributed by atoms with Crippen LogP contribution in [0.4, 0.5) is 17.6 Å². The van der Waals surface area contributed by atoms with E-state index in [0.29, 0.717) is 24.3 Å². The van der Waals surface area contributed by atoms with Gasteiger partial charge in [-0.1, -0.05) is 0 Å². The molecule has 0 saturated carbocycles. The number of fused-ring (bicyclic) bond motifs is 1. The Labute approximate surface area is 246 Å². The lowest BCUT2D eigenvalue weighted by Gasteiger charge is -2.27. The molecule has 3 aromatic heterocycles. The monoisotopic (exact) mass is 604 g/mol. The second kappa shape index (κ2) is 11.7. The molecular formula is C30H20F4N6O4. The van der Waals surface area contributed by atoms with E-state index in [4.69, 9.17) is 14.7 Å². The quantitative estimate of drug-likeness (QED) is 0.231. The molecule has 10 nitrogen and oxygen atoms in total. The first-order chi connectivity index (χ1) is 21.2. The minimum Gasteiger partial charge on any atom is -0.478 e. The number of imidazole rings is 1. The maximum Gasteiger partial charge on any atom is 0.338 e. The summed E-state index contributed by atoms with van der Waals surface area (Å²) in [4.78, 5) is 27.6. The summed E-state index contributed by atoms with van der Waals surface area (Å²) in [6.45, 7) is 0.440. The highest BCUT2D eigenvalue weighted by Gasteiger charge is 2.26. The van der Waals surface area contributed by atoms with Gasteiger partial charge in [0.25, 0.3) is 5.88 Å². The van der Waals surface area contributed by atoms with Crippen molar-refractivity contribution < 1.29 is 36.9 Å². The van der Waals surface area contributed by atoms with Crippen molar-refractivity contribution >= 4 is 17.0 Å². The Morgan fingerprint density at radius 3 is 2.57 bits per heavy atom. The maximum absolute atomic E-state index is 15.4. The molecule has 5 aromatic rings. The standard InChI is InChI=1S/C30H20F4N6O4/c31-21-9-20(28-37-12-23(33)29(39-28)44-14-17-2-1-15(10-35)11-36-17)22(32)7-16(21)8-25-38-24-4-3-19(30(41)42)26(34)27(24)40(25)13-18-5-6-43-18/h1-4,7,9,11-12,18H,5-6,8,13-14H2,(H,41,42)/t18-/m0/s1. The molecule has 1 saturated heterocycles. The van der Waals surface area contributed by atoms with E-state index >= 15 is 13.2 Å². The van der Waals surface area contributed by atoms with Gasteiger partial charge in [0.1, 0.15) is 35.7 Å². The fourth-order valence-corrected chi connectivity index (χ4v) is 4.72. The maximum atomic E-state index is 15.4. The van der Waals surface area contributed by atoms with Crippen LogP contribution in [0.3, 0.4) is 0 Å². The molecule has 14 heteroatoms. The number of halogens is 4. The first-order valence-electron chi connectivity index (χ1n) is 13.2. The lowest BCUT2D eigenvalue weighted by Crippen LogP contribution is -2.32. The molecule has 2 aromatic carbocycles. The highest BCUT2D eigenvalue weighted by Crippen LogP contribution is 2.30. The van der Waals surface area contributed by atoms with E-state index in [1.54, 1.807) is 0 Å². The van der Waals surface area contributed by atoms with Gasteiger partial charge in [-0.2, -0.15) is 14.6 Å². The van der Waals surface area contributed by atoms with Crippen LogP contribution < -0.4 is 4.74 Å². The molecule has 6 rings (SSSR count). The Bertz CT molecular complexity index is 1950. The molecule has 1 aliphatic rings. The van der Waals surface area contributed by atoms with E-state index in [0.717, 1.165) is 24.4 Å². The predicted octanol–water partition coefficient (Wildman–Crippen LogP) is 4.97. The Balaban J connectivity index is 1.30. The van der Waals surface area contributed by atoms with Crippen molar-refractivity contribution in [2.24, 2.45) is 0 Å². The molecule has 4 heterocycles. The van der Waals surface area contributed by atoms with Crippen LogP contribution in [-0.2, 0) is 24.3 Å². The zero-order valence-electron chi connectivity index (χ0n) is 22.6. The molecule has 44 heavy (non-hydrogen) atoms. The fraction of sp³-hybridized carbons (Fsp3) is 0.200. The van der Waals surface area contributed by atoms with Crippen LogP contribution in [0.2, 0.25) is 0 Å². The molecule has 1 aliphatic heterocycles. The number of rotatable bonds is 9. The molecule has 0 bridgehead atoms. The molecule has 0 unspecified atom stereocenters. The van der Waals surface area contributed by atoms with Crippen LogP contribution in [0, 0.1) is 34.6 Å². The average molecular weight is 605 g/mol. The van der Waals surface area contributed by atoms with Crippen molar-refractivity contribution in [3.63, 3.8) is 0 Å². The summed E-state index contributed by atoms with van der Waals surface area (Å²) in [7, 11) is 0. The topological polar surface area (TPSA) is 136 Å². The minimum atomic E-state index is -1.45. The van der Waals surface area contributed by atoms with Crippen molar-refractivity contribution in [1.29, 1.82) is 5.26 Å². The number of nitrogens with zero attached hydrogens (tertiary/aromatic N) is 6. The van der Waals surface area contributed by atoms with E-state index in [9.17, 15) is 14.3 Å². The first kappa shape index (κ1) is 28.7. The third-order valence-corrected chi connectivity index (χ3v) is 7.08. The van der Waals surface area contributed by atoms with E-state index in [1.807, 2.05) is 6.07 Å². The van der Waals surface area contributed by atoms with Crippen molar-refractivity contribution in [1.82, 2.24) is 24.5 Å². The number of aromatic nitrogens is 5. The Morgan fingerprint density at radius 2 is 1.89 bits per heavy atom. The van der Waals surface area contributed by atoms with Crippen molar-refractivity contribution in [3.8, 4) is 23.3 Å². The molecule has 0 amide bonds. The van der Waals surface area contributed by atoms with E-state index < -0.39 is 40.7 Å². The smallest absolute Gasteiger partial charge is 0.338 e. The van der Waals surface area contributed by atoms with Crippen LogP contribution in [-0.4, -0.2) is 48.3 Å². The van der Waals surface area contributed by atoms with Gasteiger partial charge in [0.05, 0.1) is 46.7 Å². The van der Waals surface area contributed by atoms with E-state index in [-0.39, 0.29) is 59.5 Å². The molecule has 222 valence electrons. The Kier molecular flexibility index (Phi) is 7.62. The van der Waals surface area contributed by atoms with Gasteiger partial charge in [-0.25, -0.2) is 27.9 Å². The van der Waals surface area contributed by atoms with E-state index in [1.165, 1.54) is 29.0 Å². The Morgan fingerprint density at radius 1 is 1.07 bits per heavy atom. The lowest BCUT2D eigenvalue weighted by molar-refractivity contribution is -0.0590. The van der Waals surface area contributed by atoms with Crippen molar-refractivity contribution in [2.45, 2.75) is 32.1 Å². The van der Waals surface area contributed by atoms with Gasteiger partial charge in [-0.05, 0) is 48.4 Å². The number of carboxylic acid groups (broad SMARTS) is 1. The zero-order chi connectivity index (χ0) is 31.0. The highest BCUT2D eigenvalue weighted by atomic mass is 19.1. The summed E-state index contributed by atoms with van der Waals surface area (Å²) in [5.74, 6) is -5.84. The number of nitriles is 1. The van der Waals surface area contributed by atoms with Gasteiger partial charge in [-0.3, -0.25) is 4.98 Å². The van der Waals surface area contributed by atoms with Gasteiger partial charge in [0.2, 0.25) is 5.82 Å². The third kappa shape index (κ3) is 5.52. The minimum absolute atomic E-state index is 0.0728. The predicted molar refractivity (Wildman–Crippen MR) is 144 cm³/mol. The van der Waals surface area contributed by atoms with Gasteiger partial charge in [-0.15, -0.1) is 0 Å². The van der Waals surface area contributed by atoms with E-state index in [2.05, 4.69) is 19.9 Å². The molecule has 0 aliphatic carbocycles. The average Bonchev–Trinajstić information content (AvgIpc) is 3.34. The molecule has 0 radical (unpaired) electrons. The molecule has 0 spiro atoms. The summed E-state index contributed by atoms with van der Waals surface area (Å²) in [6, 6.07) is 9.17. The first-order valence-corrected chi connectivity index (χ1v) is 13.2. The summed E-state index contributed by atoms with van der Waals surface area (Å²) in [5.41, 5.74) is -0.243. The fourth-order valence-electron chi connectivity index (χ4n) is 4.72. The van der Waals surface area contributed by atoms with Gasteiger partial charge < -0.3 is 19.1 Å². The van der Waals surface area contributed by atoms with Crippen LogP contribution in [0.1, 0.15) is 39.4 Å². The van der Waals surface area contributed by atoms with Crippen molar-refractivity contribution in [3.05, 3.63) is 100 Å². The summed E-state index contributed by atoms with van der Waals surface area (Å²) in [5, 5.41) is 18.3. The van der Waals surface area contributed by atoms with Crippen molar-refractivity contribution in [2.75, 3.05) is 6.61 Å². The van der Waals surface area contributed by atoms with Crippen LogP contribution >= 0.6 is 0 Å². The zero-order valence-corrected chi connectivity index (χ0v) is 22.6. The Hall–Kier alpha value is -5.42.